The van der Waals surface area contributed by atoms with Crippen LogP contribution in [0.15, 0.2) is 47.3 Å². The van der Waals surface area contributed by atoms with Crippen LogP contribution >= 0.6 is 11.6 Å². The number of hydrogen-bond donors (Lipinski definition) is 1. The summed E-state index contributed by atoms with van der Waals surface area (Å²) in [5, 5.41) is 1.43. The first-order valence-electron chi connectivity index (χ1n) is 7.40. The molecule has 0 atom stereocenters. The van der Waals surface area contributed by atoms with Gasteiger partial charge in [-0.05, 0) is 30.3 Å². The first kappa shape index (κ1) is 19.9. The maximum Gasteiger partial charge on any atom is 0.416 e. The minimum atomic E-state index is -5.07. The molecular weight excluding hydrogens is 414 g/mol. The zero-order valence-corrected chi connectivity index (χ0v) is 14.1. The van der Waals surface area contributed by atoms with E-state index in [-0.39, 0.29) is 17.3 Å². The lowest BCUT2D eigenvalue weighted by Crippen LogP contribution is -2.25. The van der Waals surface area contributed by atoms with E-state index >= 15 is 0 Å². The Morgan fingerprint density at radius 3 is 2.00 bits per heavy atom. The smallest absolute Gasteiger partial charge is 0.351 e. The normalized spacial score (nSPS) is 15.0. The molecule has 0 radical (unpaired) electrons. The second-order valence-corrected chi connectivity index (χ2v) is 6.04. The number of aromatic nitrogens is 1. The Kier molecular flexibility index (Phi) is 4.70. The van der Waals surface area contributed by atoms with Gasteiger partial charge in [-0.3, -0.25) is 14.6 Å². The summed E-state index contributed by atoms with van der Waals surface area (Å²) in [6.07, 6.45) is -8.91. The van der Waals surface area contributed by atoms with Gasteiger partial charge in [-0.1, -0.05) is 11.6 Å². The van der Waals surface area contributed by atoms with Crippen LogP contribution in [0.25, 0.3) is 0 Å². The fourth-order valence-electron chi connectivity index (χ4n) is 2.50. The van der Waals surface area contributed by atoms with Crippen molar-refractivity contribution in [2.24, 2.45) is 0 Å². The monoisotopic (exact) mass is 420 g/mol. The molecule has 2 aromatic rings. The number of alkyl halides is 6. The lowest BCUT2D eigenvalue weighted by Gasteiger charge is -2.20. The molecule has 1 aromatic carbocycles. The Balaban J connectivity index is 2.10. The summed E-state index contributed by atoms with van der Waals surface area (Å²) < 4.78 is 77.8. The molecule has 4 nitrogen and oxygen atoms in total. The fraction of sp³-hybridized carbons (Fsp3) is 0.118. The molecule has 0 amide bonds. The molecule has 1 aliphatic carbocycles. The van der Waals surface area contributed by atoms with E-state index in [4.69, 9.17) is 11.6 Å². The highest BCUT2D eigenvalue weighted by atomic mass is 35.5. The Bertz CT molecular complexity index is 995. The van der Waals surface area contributed by atoms with Gasteiger partial charge < -0.3 is 5.32 Å². The van der Waals surface area contributed by atoms with E-state index in [0.717, 1.165) is 0 Å². The van der Waals surface area contributed by atoms with Gasteiger partial charge in [0.25, 0.3) is 0 Å². The lowest BCUT2D eigenvalue weighted by atomic mass is 9.96. The summed E-state index contributed by atoms with van der Waals surface area (Å²) >= 11 is 5.83. The molecule has 0 fully saturated rings. The number of rotatable bonds is 2. The zero-order chi connectivity index (χ0) is 20.9. The summed E-state index contributed by atoms with van der Waals surface area (Å²) in [6.45, 7) is 0. The quantitative estimate of drug-likeness (QED) is 0.690. The molecule has 28 heavy (non-hydrogen) atoms. The largest absolute Gasteiger partial charge is 0.416 e. The Morgan fingerprint density at radius 1 is 0.893 bits per heavy atom. The predicted octanol–water partition coefficient (Wildman–Crippen LogP) is 5.06. The van der Waals surface area contributed by atoms with E-state index in [9.17, 15) is 35.9 Å². The van der Waals surface area contributed by atoms with Crippen LogP contribution < -0.4 is 5.32 Å². The number of pyridine rings is 1. The number of carbonyl (C=O) groups is 2. The van der Waals surface area contributed by atoms with Gasteiger partial charge in [-0.2, -0.15) is 26.3 Å². The van der Waals surface area contributed by atoms with Crippen LogP contribution in [-0.4, -0.2) is 16.6 Å². The van der Waals surface area contributed by atoms with Crippen molar-refractivity contribution in [3.05, 3.63) is 69.6 Å². The molecule has 0 spiro atoms. The molecule has 0 unspecified atom stereocenters. The highest BCUT2D eigenvalue weighted by Crippen LogP contribution is 2.38. The first-order chi connectivity index (χ1) is 12.9. The van der Waals surface area contributed by atoms with E-state index in [2.05, 4.69) is 10.3 Å². The summed E-state index contributed by atoms with van der Waals surface area (Å²) in [7, 11) is 0. The van der Waals surface area contributed by atoms with Gasteiger partial charge in [0, 0.05) is 11.9 Å². The van der Waals surface area contributed by atoms with Crippen LogP contribution in [0.1, 0.15) is 32.0 Å². The molecule has 0 saturated carbocycles. The number of ketones is 2. The third-order valence-electron chi connectivity index (χ3n) is 3.77. The SMILES string of the molecule is O=C1C(Nc2cc(C(F)(F)F)cc(C(F)(F)F)c2)=C(Cl)C(=O)c2ncccc21. The molecule has 3 rings (SSSR count). The van der Waals surface area contributed by atoms with Gasteiger partial charge in [0.05, 0.1) is 16.7 Å². The second-order valence-electron chi connectivity index (χ2n) is 5.67. The summed E-state index contributed by atoms with van der Waals surface area (Å²) in [6, 6.07) is 3.27. The minimum Gasteiger partial charge on any atom is -0.351 e. The molecule has 1 heterocycles. The van der Waals surface area contributed by atoms with Crippen molar-refractivity contribution in [1.29, 1.82) is 0 Å². The number of carbonyl (C=O) groups excluding carboxylic acids is 2. The number of benzene rings is 1. The molecule has 146 valence electrons. The van der Waals surface area contributed by atoms with Crippen LogP contribution in [0.4, 0.5) is 32.0 Å². The molecule has 0 saturated heterocycles. The molecule has 1 aliphatic rings. The third-order valence-corrected chi connectivity index (χ3v) is 4.13. The molecule has 0 aliphatic heterocycles. The summed E-state index contributed by atoms with van der Waals surface area (Å²) in [5.74, 6) is -1.78. The van der Waals surface area contributed by atoms with E-state index in [1.165, 1.54) is 18.3 Å². The topological polar surface area (TPSA) is 59.1 Å². The third kappa shape index (κ3) is 3.59. The highest BCUT2D eigenvalue weighted by Gasteiger charge is 2.38. The zero-order valence-electron chi connectivity index (χ0n) is 13.4. The second kappa shape index (κ2) is 6.62. The van der Waals surface area contributed by atoms with Crippen LogP contribution in [0, 0.1) is 0 Å². The van der Waals surface area contributed by atoms with Gasteiger partial charge in [0.1, 0.15) is 16.4 Å². The molecule has 1 N–H and O–H groups in total. The minimum absolute atomic E-state index is 0.0613. The number of allylic oxidation sites excluding steroid dienone is 2. The number of halogens is 7. The van der Waals surface area contributed by atoms with Crippen molar-refractivity contribution >= 4 is 28.9 Å². The van der Waals surface area contributed by atoms with Crippen molar-refractivity contribution in [1.82, 2.24) is 4.98 Å². The molecule has 11 heteroatoms. The van der Waals surface area contributed by atoms with Crippen LogP contribution in [-0.2, 0) is 12.4 Å². The standard InChI is InChI=1S/C17H7ClF6N2O2/c18-11-13(14(27)10-2-1-3-25-12(10)15(11)28)26-9-5-7(16(19,20)21)4-8(6-9)17(22,23)24/h1-6,26H. The van der Waals surface area contributed by atoms with E-state index in [0.29, 0.717) is 12.1 Å². The van der Waals surface area contributed by atoms with Gasteiger partial charge in [0.15, 0.2) is 0 Å². The Hall–Kier alpha value is -2.88. The molecule has 0 bridgehead atoms. The van der Waals surface area contributed by atoms with Gasteiger partial charge >= 0.3 is 12.4 Å². The van der Waals surface area contributed by atoms with Crippen LogP contribution in [0.2, 0.25) is 0 Å². The molecule has 1 aromatic heterocycles. The van der Waals surface area contributed by atoms with Crippen molar-refractivity contribution in [2.45, 2.75) is 12.4 Å². The number of fused-ring (bicyclic) bond motifs is 1. The van der Waals surface area contributed by atoms with E-state index < -0.39 is 51.5 Å². The van der Waals surface area contributed by atoms with Crippen LogP contribution in [0.5, 0.6) is 0 Å². The number of nitrogens with one attached hydrogen (secondary N) is 1. The first-order valence-corrected chi connectivity index (χ1v) is 7.78. The lowest BCUT2D eigenvalue weighted by molar-refractivity contribution is -0.143. The number of anilines is 1. The maximum atomic E-state index is 13.0. The van der Waals surface area contributed by atoms with Crippen molar-refractivity contribution in [3.63, 3.8) is 0 Å². The van der Waals surface area contributed by atoms with Gasteiger partial charge in [-0.15, -0.1) is 0 Å². The van der Waals surface area contributed by atoms with E-state index in [1.807, 2.05) is 0 Å². The van der Waals surface area contributed by atoms with Crippen molar-refractivity contribution in [2.75, 3.05) is 5.32 Å². The van der Waals surface area contributed by atoms with Crippen molar-refractivity contribution in [3.8, 4) is 0 Å². The fourth-order valence-corrected chi connectivity index (χ4v) is 2.73. The Labute approximate surface area is 157 Å². The van der Waals surface area contributed by atoms with Crippen LogP contribution in [0.3, 0.4) is 0 Å². The maximum absolute atomic E-state index is 13.0. The number of nitrogens with zero attached hydrogens (tertiary/aromatic N) is 1. The number of Topliss-reactive ketones (excluding diaryl/α,β-unsaturated/α-hetero) is 2. The molecular formula is C17H7ClF6N2O2. The van der Waals surface area contributed by atoms with Gasteiger partial charge in [-0.25, -0.2) is 0 Å². The Morgan fingerprint density at radius 2 is 1.46 bits per heavy atom. The summed E-state index contributed by atoms with van der Waals surface area (Å²) in [5.41, 5.74) is -4.95. The average Bonchev–Trinajstić information content (AvgIpc) is 2.62. The van der Waals surface area contributed by atoms with E-state index in [1.54, 1.807) is 0 Å². The van der Waals surface area contributed by atoms with Crippen molar-refractivity contribution < 1.29 is 35.9 Å². The number of hydrogen-bond acceptors (Lipinski definition) is 4. The highest BCUT2D eigenvalue weighted by molar-refractivity contribution is 6.50. The predicted molar refractivity (Wildman–Crippen MR) is 85.8 cm³/mol. The van der Waals surface area contributed by atoms with Gasteiger partial charge in [0.2, 0.25) is 11.6 Å². The average molecular weight is 421 g/mol. The summed E-state index contributed by atoms with van der Waals surface area (Å²) in [4.78, 5) is 28.4.